The van der Waals surface area contributed by atoms with Gasteiger partial charge in [-0.1, -0.05) is 0 Å². The van der Waals surface area contributed by atoms with Crippen LogP contribution in [0.15, 0.2) is 16.7 Å². The van der Waals surface area contributed by atoms with E-state index in [2.05, 4.69) is 39.8 Å². The number of halogens is 1. The van der Waals surface area contributed by atoms with Crippen LogP contribution in [-0.4, -0.2) is 23.9 Å². The highest BCUT2D eigenvalue weighted by atomic mass is 79.9. The Morgan fingerprint density at radius 1 is 1.41 bits per heavy atom. The van der Waals surface area contributed by atoms with Crippen LogP contribution in [0.2, 0.25) is 0 Å². The fraction of sp³-hybridized carbons (Fsp3) is 0.538. The van der Waals surface area contributed by atoms with Gasteiger partial charge in [0, 0.05) is 32.1 Å². The van der Waals surface area contributed by atoms with Gasteiger partial charge < -0.3 is 4.90 Å². The molecule has 1 aliphatic rings. The van der Waals surface area contributed by atoms with Gasteiger partial charge in [-0.15, -0.1) is 0 Å². The predicted octanol–water partition coefficient (Wildman–Crippen LogP) is 3.10. The first-order chi connectivity index (χ1) is 8.09. The molecule has 0 amide bonds. The number of aromatic nitrogens is 1. The molecule has 1 aromatic heterocycles. The predicted molar refractivity (Wildman–Crippen MR) is 72.3 cm³/mol. The first kappa shape index (κ1) is 12.6. The SMILES string of the molecule is Cc1ccnc(N(C)C2CCC(=O)CC2)c1Br. The van der Waals surface area contributed by atoms with Gasteiger partial charge in [-0.3, -0.25) is 4.79 Å². The van der Waals surface area contributed by atoms with Crippen LogP contribution in [0.3, 0.4) is 0 Å². The van der Waals surface area contributed by atoms with Crippen molar-refractivity contribution in [1.29, 1.82) is 0 Å². The summed E-state index contributed by atoms with van der Waals surface area (Å²) in [5, 5.41) is 0. The molecule has 0 bridgehead atoms. The monoisotopic (exact) mass is 296 g/mol. The third-order valence-corrected chi connectivity index (χ3v) is 4.44. The Morgan fingerprint density at radius 2 is 2.06 bits per heavy atom. The number of pyridine rings is 1. The van der Waals surface area contributed by atoms with Gasteiger partial charge in [0.1, 0.15) is 11.6 Å². The van der Waals surface area contributed by atoms with E-state index in [4.69, 9.17) is 0 Å². The highest BCUT2D eigenvalue weighted by molar-refractivity contribution is 9.10. The van der Waals surface area contributed by atoms with Crippen molar-refractivity contribution >= 4 is 27.5 Å². The number of rotatable bonds is 2. The fourth-order valence-electron chi connectivity index (χ4n) is 2.26. The highest BCUT2D eigenvalue weighted by Gasteiger charge is 2.24. The third kappa shape index (κ3) is 2.68. The molecular formula is C13H17BrN2O. The Bertz CT molecular complexity index is 423. The maximum Gasteiger partial charge on any atom is 0.143 e. The summed E-state index contributed by atoms with van der Waals surface area (Å²) < 4.78 is 1.06. The van der Waals surface area contributed by atoms with E-state index in [0.717, 1.165) is 23.1 Å². The number of Topliss-reactive ketones (excluding diaryl/α,β-unsaturated/α-hetero) is 1. The number of carbonyl (C=O) groups is 1. The number of anilines is 1. The van der Waals surface area contributed by atoms with Crippen LogP contribution in [0, 0.1) is 6.92 Å². The zero-order chi connectivity index (χ0) is 12.4. The van der Waals surface area contributed by atoms with E-state index >= 15 is 0 Å². The molecule has 1 aliphatic carbocycles. The number of aryl methyl sites for hydroxylation is 1. The molecule has 1 heterocycles. The molecule has 92 valence electrons. The summed E-state index contributed by atoms with van der Waals surface area (Å²) in [5.74, 6) is 1.37. The van der Waals surface area contributed by atoms with E-state index in [9.17, 15) is 4.79 Å². The summed E-state index contributed by atoms with van der Waals surface area (Å²) in [6.07, 6.45) is 5.13. The molecule has 3 nitrogen and oxygen atoms in total. The first-order valence-electron chi connectivity index (χ1n) is 5.95. The normalized spacial score (nSPS) is 17.2. The van der Waals surface area contributed by atoms with Gasteiger partial charge >= 0.3 is 0 Å². The summed E-state index contributed by atoms with van der Waals surface area (Å²) in [6.45, 7) is 2.06. The Balaban J connectivity index is 2.16. The summed E-state index contributed by atoms with van der Waals surface area (Å²) in [5.41, 5.74) is 1.19. The first-order valence-corrected chi connectivity index (χ1v) is 6.74. The van der Waals surface area contributed by atoms with E-state index in [1.807, 2.05) is 12.3 Å². The minimum Gasteiger partial charge on any atom is -0.356 e. The van der Waals surface area contributed by atoms with E-state index in [0.29, 0.717) is 24.7 Å². The maximum atomic E-state index is 11.2. The summed E-state index contributed by atoms with van der Waals surface area (Å²) in [6, 6.07) is 2.42. The molecule has 0 aliphatic heterocycles. The van der Waals surface area contributed by atoms with Crippen molar-refractivity contribution in [2.75, 3.05) is 11.9 Å². The van der Waals surface area contributed by atoms with Crippen LogP contribution in [0.4, 0.5) is 5.82 Å². The van der Waals surface area contributed by atoms with Crippen molar-refractivity contribution in [2.24, 2.45) is 0 Å². The van der Waals surface area contributed by atoms with Gasteiger partial charge in [0.15, 0.2) is 0 Å². The van der Waals surface area contributed by atoms with Crippen LogP contribution in [0.25, 0.3) is 0 Å². The molecule has 1 fully saturated rings. The van der Waals surface area contributed by atoms with Crippen molar-refractivity contribution in [3.8, 4) is 0 Å². The van der Waals surface area contributed by atoms with E-state index in [-0.39, 0.29) is 0 Å². The number of nitrogens with zero attached hydrogens (tertiary/aromatic N) is 2. The van der Waals surface area contributed by atoms with Crippen LogP contribution in [-0.2, 0) is 4.79 Å². The molecule has 0 saturated heterocycles. The lowest BCUT2D eigenvalue weighted by molar-refractivity contribution is -0.120. The summed E-state index contributed by atoms with van der Waals surface area (Å²) in [4.78, 5) is 17.9. The molecule has 1 saturated carbocycles. The van der Waals surface area contributed by atoms with Crippen LogP contribution < -0.4 is 4.90 Å². The van der Waals surface area contributed by atoms with Gasteiger partial charge in [0.25, 0.3) is 0 Å². The molecule has 0 aromatic carbocycles. The van der Waals surface area contributed by atoms with E-state index in [1.165, 1.54) is 5.56 Å². The summed E-state index contributed by atoms with van der Waals surface area (Å²) in [7, 11) is 2.06. The van der Waals surface area contributed by atoms with Crippen LogP contribution in [0.1, 0.15) is 31.2 Å². The van der Waals surface area contributed by atoms with Gasteiger partial charge in [0.05, 0.1) is 4.47 Å². The number of hydrogen-bond donors (Lipinski definition) is 0. The van der Waals surface area contributed by atoms with Crippen molar-refractivity contribution < 1.29 is 4.79 Å². The molecule has 0 N–H and O–H groups in total. The molecule has 0 radical (unpaired) electrons. The van der Waals surface area contributed by atoms with E-state index < -0.39 is 0 Å². The van der Waals surface area contributed by atoms with Gasteiger partial charge in [-0.2, -0.15) is 0 Å². The van der Waals surface area contributed by atoms with Gasteiger partial charge in [-0.25, -0.2) is 4.98 Å². The van der Waals surface area contributed by atoms with Crippen LogP contribution >= 0.6 is 15.9 Å². The van der Waals surface area contributed by atoms with Crippen molar-refractivity contribution in [1.82, 2.24) is 4.98 Å². The zero-order valence-corrected chi connectivity index (χ0v) is 11.8. The lowest BCUT2D eigenvalue weighted by Gasteiger charge is -2.32. The maximum absolute atomic E-state index is 11.2. The molecular weight excluding hydrogens is 280 g/mol. The lowest BCUT2D eigenvalue weighted by Crippen LogP contribution is -2.36. The second-order valence-corrected chi connectivity index (χ2v) is 5.44. The lowest BCUT2D eigenvalue weighted by atomic mass is 9.93. The quantitative estimate of drug-likeness (QED) is 0.841. The molecule has 0 unspecified atom stereocenters. The zero-order valence-electron chi connectivity index (χ0n) is 10.2. The number of carbonyl (C=O) groups excluding carboxylic acids is 1. The smallest absolute Gasteiger partial charge is 0.143 e. The second kappa shape index (κ2) is 5.17. The molecule has 0 spiro atoms. The number of hydrogen-bond acceptors (Lipinski definition) is 3. The average Bonchev–Trinajstić information content (AvgIpc) is 2.33. The Hall–Kier alpha value is -0.900. The highest BCUT2D eigenvalue weighted by Crippen LogP contribution is 2.30. The Morgan fingerprint density at radius 3 is 2.71 bits per heavy atom. The topological polar surface area (TPSA) is 33.2 Å². The molecule has 2 rings (SSSR count). The standard InChI is InChI=1S/C13H17BrN2O/c1-9-7-8-15-13(12(9)14)16(2)10-3-5-11(17)6-4-10/h7-8,10H,3-6H2,1-2H3. The van der Waals surface area contributed by atoms with Crippen molar-refractivity contribution in [2.45, 2.75) is 38.6 Å². The van der Waals surface area contributed by atoms with Crippen LogP contribution in [0.5, 0.6) is 0 Å². The third-order valence-electron chi connectivity index (χ3n) is 3.46. The Labute approximate surface area is 110 Å². The van der Waals surface area contributed by atoms with Crippen molar-refractivity contribution in [3.05, 3.63) is 22.3 Å². The fourth-order valence-corrected chi connectivity index (χ4v) is 2.77. The largest absolute Gasteiger partial charge is 0.356 e. The minimum absolute atomic E-state index is 0.394. The van der Waals surface area contributed by atoms with Gasteiger partial charge in [0.2, 0.25) is 0 Å². The number of ketones is 1. The van der Waals surface area contributed by atoms with E-state index in [1.54, 1.807) is 0 Å². The van der Waals surface area contributed by atoms with Gasteiger partial charge in [-0.05, 0) is 47.3 Å². The van der Waals surface area contributed by atoms with Crippen molar-refractivity contribution in [3.63, 3.8) is 0 Å². The minimum atomic E-state index is 0.394. The molecule has 17 heavy (non-hydrogen) atoms. The molecule has 4 heteroatoms. The summed E-state index contributed by atoms with van der Waals surface area (Å²) >= 11 is 3.59. The Kier molecular flexibility index (Phi) is 3.82. The molecule has 0 atom stereocenters. The molecule has 1 aromatic rings. The second-order valence-electron chi connectivity index (χ2n) is 4.65. The average molecular weight is 297 g/mol.